The van der Waals surface area contributed by atoms with Crippen LogP contribution in [0.4, 0.5) is 17.3 Å². The van der Waals surface area contributed by atoms with Crippen LogP contribution in [0.25, 0.3) is 17.2 Å². The first kappa shape index (κ1) is 29.6. The van der Waals surface area contributed by atoms with Crippen molar-refractivity contribution < 1.29 is 22.1 Å². The van der Waals surface area contributed by atoms with Crippen molar-refractivity contribution in [3.05, 3.63) is 75.4 Å². The summed E-state index contributed by atoms with van der Waals surface area (Å²) in [5.74, 6) is 0.933. The van der Waals surface area contributed by atoms with Gasteiger partial charge in [-0.1, -0.05) is 79.7 Å². The van der Waals surface area contributed by atoms with Crippen LogP contribution in [-0.2, 0) is 0 Å². The van der Waals surface area contributed by atoms with Crippen LogP contribution >= 0.6 is 0 Å². The third kappa shape index (κ3) is 7.44. The Bertz CT molecular complexity index is 1160. The van der Waals surface area contributed by atoms with Crippen LogP contribution in [0.3, 0.4) is 0 Å². The Balaban J connectivity index is 0.000000830. The van der Waals surface area contributed by atoms with Crippen molar-refractivity contribution in [1.82, 2.24) is 0 Å². The molecule has 1 N–H and O–H groups in total. The summed E-state index contributed by atoms with van der Waals surface area (Å²) in [7, 11) is -6.00. The van der Waals surface area contributed by atoms with Gasteiger partial charge < -0.3 is 17.3 Å². The van der Waals surface area contributed by atoms with Crippen LogP contribution in [0.15, 0.2) is 53.1 Å². The van der Waals surface area contributed by atoms with Crippen LogP contribution in [0.1, 0.15) is 83.6 Å². The monoisotopic (exact) mass is 502 g/mol. The second kappa shape index (κ2) is 10.4. The van der Waals surface area contributed by atoms with Crippen molar-refractivity contribution in [3.63, 3.8) is 0 Å². The van der Waals surface area contributed by atoms with Gasteiger partial charge in [-0.05, 0) is 87.8 Å². The van der Waals surface area contributed by atoms with Gasteiger partial charge in [-0.15, -0.1) is 0 Å². The highest BCUT2D eigenvalue weighted by Crippen LogP contribution is 2.41. The van der Waals surface area contributed by atoms with E-state index < -0.39 is 7.25 Å². The minimum absolute atomic E-state index is 0.132. The molecule has 0 fully saturated rings. The van der Waals surface area contributed by atoms with Crippen LogP contribution in [0, 0.1) is 24.7 Å². The fourth-order valence-electron chi connectivity index (χ4n) is 4.42. The van der Waals surface area contributed by atoms with Crippen molar-refractivity contribution in [3.8, 4) is 11.1 Å². The summed E-state index contributed by atoms with van der Waals surface area (Å²) >= 11 is 0. The largest absolute Gasteiger partial charge is 0.673 e. The number of ketones is 1. The molecule has 0 aromatic rings. The van der Waals surface area contributed by atoms with Gasteiger partial charge in [0.2, 0.25) is 0 Å². The molecule has 0 aliphatic heterocycles. The summed E-state index contributed by atoms with van der Waals surface area (Å²) in [5.41, 5.74) is 10.8. The van der Waals surface area contributed by atoms with Crippen LogP contribution in [-0.4, -0.2) is 17.8 Å². The predicted molar refractivity (Wildman–Crippen MR) is 147 cm³/mol. The lowest BCUT2D eigenvalue weighted by Gasteiger charge is -2.28. The molecular weight excluding hydrogens is 463 g/mol. The maximum atomic E-state index is 11.1. The maximum Gasteiger partial charge on any atom is 0.673 e. The quantitative estimate of drug-likeness (QED) is 0.222. The highest BCUT2D eigenvalue weighted by Gasteiger charge is 2.38. The summed E-state index contributed by atoms with van der Waals surface area (Å²) in [6, 6.07) is 9.19. The number of carbonyl (C=O) groups excluding carboxylic acids is 1. The molecule has 0 amide bonds. The van der Waals surface area contributed by atoms with Gasteiger partial charge >= 0.3 is 13.0 Å². The van der Waals surface area contributed by atoms with Crippen molar-refractivity contribution in [1.29, 1.82) is 0 Å². The number of aryl methyl sites for hydroxylation is 2. The zero-order chi connectivity index (χ0) is 27.8. The van der Waals surface area contributed by atoms with E-state index in [1.54, 1.807) is 0 Å². The van der Waals surface area contributed by atoms with E-state index in [0.29, 0.717) is 11.7 Å². The Labute approximate surface area is 213 Å². The standard InChI is InChI=1S/C30H38O.BF4/c1-18(2)22-12-11-19(3)27-23(13-20(4)24(27)17-22)14-21-15-25(29(5,6)7)28(31)26(16-21)30(8,9)10;2-1(3,4)5/h11-18H,1-10H3;/q;-1/p+1. The lowest BCUT2D eigenvalue weighted by molar-refractivity contribution is 0.368. The molecule has 0 spiro atoms. The van der Waals surface area contributed by atoms with Gasteiger partial charge in [0.15, 0.2) is 0 Å². The molecule has 0 radical (unpaired) electrons. The van der Waals surface area contributed by atoms with Gasteiger partial charge in [0.1, 0.15) is 0 Å². The number of fused-ring (bicyclic) bond motifs is 1. The fraction of sp³-hybridized carbons (Fsp3) is 0.433. The Morgan fingerprint density at radius 2 is 1.28 bits per heavy atom. The van der Waals surface area contributed by atoms with Gasteiger partial charge in [-0.2, -0.15) is 0 Å². The summed E-state index contributed by atoms with van der Waals surface area (Å²) in [4.78, 5) is 11.1. The van der Waals surface area contributed by atoms with Crippen LogP contribution in [0.2, 0.25) is 0 Å². The molecule has 0 bridgehead atoms. The highest BCUT2D eigenvalue weighted by molar-refractivity contribution is 6.50. The van der Waals surface area contributed by atoms with Crippen molar-refractivity contribution in [2.75, 3.05) is 0 Å². The first-order valence-corrected chi connectivity index (χ1v) is 12.3. The molecule has 196 valence electrons. The molecule has 0 unspecified atom stereocenters. The molecule has 0 aromatic heterocycles. The molecule has 0 atom stereocenters. The number of hydrogen-bond acceptors (Lipinski definition) is 0. The van der Waals surface area contributed by atoms with E-state index in [0.717, 1.165) is 16.7 Å². The Morgan fingerprint density at radius 1 is 0.806 bits per heavy atom. The topological polar surface area (TPSA) is 21.4 Å². The minimum Gasteiger partial charge on any atom is -0.418 e. The van der Waals surface area contributed by atoms with E-state index in [1.165, 1.54) is 33.4 Å². The number of allylic oxidation sites excluding steroid dienone is 5. The van der Waals surface area contributed by atoms with Crippen LogP contribution in [0.5, 0.6) is 0 Å². The summed E-state index contributed by atoms with van der Waals surface area (Å²) in [6.45, 7) is 21.9. The van der Waals surface area contributed by atoms with Gasteiger partial charge in [-0.3, -0.25) is 4.79 Å². The smallest absolute Gasteiger partial charge is 0.418 e. The maximum absolute atomic E-state index is 11.1. The van der Waals surface area contributed by atoms with E-state index in [9.17, 15) is 22.1 Å². The molecular formula is C30H39BF4O. The molecule has 1 nitrogen and oxygen atoms in total. The molecule has 0 saturated carbocycles. The van der Waals surface area contributed by atoms with Crippen LogP contribution < -0.4 is 0 Å². The highest BCUT2D eigenvalue weighted by atomic mass is 19.5. The number of hydrogen-bond donors (Lipinski definition) is 0. The second-order valence-corrected chi connectivity index (χ2v) is 12.0. The normalized spacial score (nSPS) is 15.0. The molecule has 36 heavy (non-hydrogen) atoms. The summed E-state index contributed by atoms with van der Waals surface area (Å²) < 4.78 is 39.0. The lowest BCUT2D eigenvalue weighted by atomic mass is 9.72. The zero-order valence-electron chi connectivity index (χ0n) is 23.2. The Kier molecular flexibility index (Phi) is 8.55. The van der Waals surface area contributed by atoms with Gasteiger partial charge in [0.05, 0.1) is 11.1 Å². The predicted octanol–water partition coefficient (Wildman–Crippen LogP) is 9.72. The molecule has 0 aromatic carbocycles. The summed E-state index contributed by atoms with van der Waals surface area (Å²) in [6.07, 6.45) is 6.62. The van der Waals surface area contributed by atoms with E-state index in [1.807, 2.05) is 0 Å². The van der Waals surface area contributed by atoms with E-state index in [4.69, 9.17) is 0 Å². The molecule has 0 saturated heterocycles. The van der Waals surface area contributed by atoms with Gasteiger partial charge in [-0.25, -0.2) is 0 Å². The fourth-order valence-corrected chi connectivity index (χ4v) is 4.42. The molecule has 3 aliphatic carbocycles. The molecule has 3 rings (SSSR count). The molecule has 6 heteroatoms. The zero-order valence-corrected chi connectivity index (χ0v) is 23.2. The average molecular weight is 502 g/mol. The van der Waals surface area contributed by atoms with Crippen molar-refractivity contribution in [2.24, 2.45) is 10.8 Å². The second-order valence-electron chi connectivity index (χ2n) is 12.0. The third-order valence-corrected chi connectivity index (χ3v) is 6.32. The van der Waals surface area contributed by atoms with E-state index >= 15 is 0 Å². The van der Waals surface area contributed by atoms with E-state index in [-0.39, 0.29) is 10.8 Å². The molecule has 0 heterocycles. The Morgan fingerprint density at radius 3 is 1.69 bits per heavy atom. The molecule has 3 aliphatic rings. The van der Waals surface area contributed by atoms with Crippen molar-refractivity contribution >= 4 is 19.1 Å². The van der Waals surface area contributed by atoms with Gasteiger partial charge in [0, 0.05) is 0 Å². The van der Waals surface area contributed by atoms with E-state index in [2.05, 4.69) is 112 Å². The average Bonchev–Trinajstić information content (AvgIpc) is 2.85. The summed E-state index contributed by atoms with van der Waals surface area (Å²) in [5, 5.41) is 0. The minimum atomic E-state index is -6.00. The lowest BCUT2D eigenvalue weighted by Crippen LogP contribution is -2.28. The first-order chi connectivity index (χ1) is 16.2. The Hall–Kier alpha value is -2.63. The first-order valence-electron chi connectivity index (χ1n) is 12.3. The SMILES string of the molecule is Cc1cc(C=C2C=C(C(C)(C)C)C(=[OH+])C(C(C)(C)C)=C2)c2c(C)ccc(C(C)C)cc1-2.F[B-](F)(F)F. The third-order valence-electron chi connectivity index (χ3n) is 6.32. The number of rotatable bonds is 2. The number of halogens is 4. The van der Waals surface area contributed by atoms with Crippen molar-refractivity contribution in [2.45, 2.75) is 75.2 Å². The van der Waals surface area contributed by atoms with Gasteiger partial charge in [0.25, 0.3) is 0 Å².